The summed E-state index contributed by atoms with van der Waals surface area (Å²) in [7, 11) is -3.59. The van der Waals surface area contributed by atoms with Crippen LogP contribution in [0.2, 0.25) is 0 Å². The van der Waals surface area contributed by atoms with Crippen LogP contribution in [0.5, 0.6) is 0 Å². The van der Waals surface area contributed by atoms with E-state index >= 15 is 0 Å². The fourth-order valence-corrected chi connectivity index (χ4v) is 4.85. The zero-order valence-electron chi connectivity index (χ0n) is 13.6. The largest absolute Gasteiger partial charge is 0.326 e. The molecular weight excluding hydrogens is 308 g/mol. The van der Waals surface area contributed by atoms with E-state index in [0.717, 1.165) is 35.3 Å². The van der Waals surface area contributed by atoms with E-state index in [9.17, 15) is 8.42 Å². The molecule has 2 aromatic rings. The fourth-order valence-electron chi connectivity index (χ4n) is 3.12. The van der Waals surface area contributed by atoms with Crippen LogP contribution in [0.1, 0.15) is 24.5 Å². The molecule has 5 heteroatoms. The van der Waals surface area contributed by atoms with E-state index in [1.807, 2.05) is 62.4 Å². The molecule has 1 aliphatic rings. The lowest BCUT2D eigenvalue weighted by atomic mass is 10.0. The molecule has 0 fully saturated rings. The quantitative estimate of drug-likeness (QED) is 0.860. The number of hydrogen-bond donors (Lipinski definition) is 0. The average molecular weight is 330 g/mol. The van der Waals surface area contributed by atoms with Crippen molar-refractivity contribution in [3.63, 3.8) is 0 Å². The Kier molecular flexibility index (Phi) is 4.31. The summed E-state index contributed by atoms with van der Waals surface area (Å²) in [6.07, 6.45) is 1.78. The minimum absolute atomic E-state index is 0.407. The summed E-state index contributed by atoms with van der Waals surface area (Å²) in [5.41, 5.74) is 3.68. The third-order valence-corrected chi connectivity index (χ3v) is 6.16. The first-order valence-electron chi connectivity index (χ1n) is 7.99. The second-order valence-electron chi connectivity index (χ2n) is 5.82. The summed E-state index contributed by atoms with van der Waals surface area (Å²) >= 11 is 0. The highest BCUT2D eigenvalue weighted by molar-refractivity contribution is 7.94. The maximum Gasteiger partial charge on any atom is 0.326 e. The Morgan fingerprint density at radius 3 is 2.65 bits per heavy atom. The predicted octanol–water partition coefficient (Wildman–Crippen LogP) is 3.52. The van der Waals surface area contributed by atoms with Crippen LogP contribution >= 0.6 is 0 Å². The fraction of sp³-hybridized carbons (Fsp3) is 0.333. The lowest BCUT2D eigenvalue weighted by Gasteiger charge is -2.35. The molecule has 0 unspecified atom stereocenters. The van der Waals surface area contributed by atoms with Crippen molar-refractivity contribution in [1.82, 2.24) is 0 Å². The van der Waals surface area contributed by atoms with Gasteiger partial charge in [-0.25, -0.2) is 0 Å². The van der Waals surface area contributed by atoms with Gasteiger partial charge in [-0.2, -0.15) is 8.42 Å². The molecule has 1 heterocycles. The molecule has 23 heavy (non-hydrogen) atoms. The minimum Gasteiger partial charge on any atom is -0.254 e. The molecule has 0 atom stereocenters. The van der Waals surface area contributed by atoms with Gasteiger partial charge in [0.05, 0.1) is 11.4 Å². The van der Waals surface area contributed by atoms with Gasteiger partial charge in [-0.15, -0.1) is 0 Å². The van der Waals surface area contributed by atoms with Gasteiger partial charge in [0, 0.05) is 13.1 Å². The summed E-state index contributed by atoms with van der Waals surface area (Å²) in [6.45, 7) is 4.78. The molecule has 0 spiro atoms. The number of para-hydroxylation sites is 1. The second kappa shape index (κ2) is 6.24. The summed E-state index contributed by atoms with van der Waals surface area (Å²) in [6, 6.07) is 15.4. The Morgan fingerprint density at radius 1 is 1.13 bits per heavy atom. The molecule has 4 nitrogen and oxygen atoms in total. The molecular formula is C18H22N2O2S. The third kappa shape index (κ3) is 2.93. The van der Waals surface area contributed by atoms with E-state index in [-0.39, 0.29) is 0 Å². The zero-order chi connectivity index (χ0) is 16.4. The number of fused-ring (bicyclic) bond motifs is 1. The molecule has 0 saturated carbocycles. The summed E-state index contributed by atoms with van der Waals surface area (Å²) < 4.78 is 29.5. The van der Waals surface area contributed by atoms with Gasteiger partial charge in [0.1, 0.15) is 0 Å². The Bertz CT molecular complexity index is 802. The maximum absolute atomic E-state index is 13.2. The van der Waals surface area contributed by atoms with E-state index in [4.69, 9.17) is 0 Å². The zero-order valence-corrected chi connectivity index (χ0v) is 14.4. The normalized spacial score (nSPS) is 14.4. The Hall–Kier alpha value is -2.01. The van der Waals surface area contributed by atoms with Gasteiger partial charge >= 0.3 is 10.2 Å². The highest BCUT2D eigenvalue weighted by Crippen LogP contribution is 2.32. The van der Waals surface area contributed by atoms with Crippen LogP contribution in [0.15, 0.2) is 48.5 Å². The highest BCUT2D eigenvalue weighted by Gasteiger charge is 2.32. The van der Waals surface area contributed by atoms with Gasteiger partial charge in [-0.1, -0.05) is 30.3 Å². The van der Waals surface area contributed by atoms with Crippen molar-refractivity contribution in [3.05, 3.63) is 59.7 Å². The van der Waals surface area contributed by atoms with Gasteiger partial charge in [0.25, 0.3) is 0 Å². The van der Waals surface area contributed by atoms with Gasteiger partial charge in [-0.3, -0.25) is 8.61 Å². The third-order valence-electron chi connectivity index (χ3n) is 4.20. The van der Waals surface area contributed by atoms with E-state index in [1.54, 1.807) is 4.31 Å². The van der Waals surface area contributed by atoms with E-state index in [2.05, 4.69) is 0 Å². The molecule has 0 bridgehead atoms. The Morgan fingerprint density at radius 2 is 1.91 bits per heavy atom. The van der Waals surface area contributed by atoms with Crippen LogP contribution in [0.4, 0.5) is 11.4 Å². The average Bonchev–Trinajstić information content (AvgIpc) is 2.55. The van der Waals surface area contributed by atoms with Crippen molar-refractivity contribution in [2.24, 2.45) is 0 Å². The molecule has 0 aliphatic carbocycles. The second-order valence-corrected chi connectivity index (χ2v) is 7.59. The molecule has 3 rings (SSSR count). The number of nitrogens with zero attached hydrogens (tertiary/aromatic N) is 2. The standard InChI is InChI=1S/C18H22N2O2S/c1-3-19(17-11-6-8-15(2)14-17)23(21,22)20-13-7-10-16-9-4-5-12-18(16)20/h4-6,8-9,11-12,14H,3,7,10,13H2,1-2H3. The van der Waals surface area contributed by atoms with E-state index in [0.29, 0.717) is 13.1 Å². The number of benzene rings is 2. The maximum atomic E-state index is 13.2. The van der Waals surface area contributed by atoms with Crippen molar-refractivity contribution in [1.29, 1.82) is 0 Å². The smallest absolute Gasteiger partial charge is 0.254 e. The monoisotopic (exact) mass is 330 g/mol. The Labute approximate surface area is 138 Å². The van der Waals surface area contributed by atoms with Crippen LogP contribution in [0.25, 0.3) is 0 Å². The predicted molar refractivity (Wildman–Crippen MR) is 95.2 cm³/mol. The molecule has 0 aromatic heterocycles. The summed E-state index contributed by atoms with van der Waals surface area (Å²) in [4.78, 5) is 0. The number of aryl methyl sites for hydroxylation is 2. The van der Waals surface area contributed by atoms with E-state index in [1.165, 1.54) is 4.31 Å². The first-order chi connectivity index (χ1) is 11.0. The number of rotatable bonds is 4. The summed E-state index contributed by atoms with van der Waals surface area (Å²) in [5.74, 6) is 0. The van der Waals surface area contributed by atoms with Crippen molar-refractivity contribution in [2.45, 2.75) is 26.7 Å². The van der Waals surface area contributed by atoms with Crippen LogP contribution in [0.3, 0.4) is 0 Å². The van der Waals surface area contributed by atoms with Gasteiger partial charge in [0.15, 0.2) is 0 Å². The first kappa shape index (κ1) is 15.9. The minimum atomic E-state index is -3.59. The van der Waals surface area contributed by atoms with Gasteiger partial charge < -0.3 is 0 Å². The lowest BCUT2D eigenvalue weighted by Crippen LogP contribution is -2.46. The van der Waals surface area contributed by atoms with Gasteiger partial charge in [0.2, 0.25) is 0 Å². The molecule has 122 valence electrons. The molecule has 0 amide bonds. The van der Waals surface area contributed by atoms with Gasteiger partial charge in [-0.05, 0) is 56.0 Å². The van der Waals surface area contributed by atoms with E-state index < -0.39 is 10.2 Å². The SMILES string of the molecule is CCN(c1cccc(C)c1)S(=O)(=O)N1CCCc2ccccc21. The molecule has 2 aromatic carbocycles. The molecule has 0 radical (unpaired) electrons. The molecule has 0 N–H and O–H groups in total. The van der Waals surface area contributed by atoms with Crippen molar-refractivity contribution < 1.29 is 8.42 Å². The van der Waals surface area contributed by atoms with Crippen LogP contribution in [-0.4, -0.2) is 21.5 Å². The van der Waals surface area contributed by atoms with Crippen LogP contribution < -0.4 is 8.61 Å². The summed E-state index contributed by atoms with van der Waals surface area (Å²) in [5, 5.41) is 0. The first-order valence-corrected chi connectivity index (χ1v) is 9.38. The Balaban J connectivity index is 2.04. The number of hydrogen-bond acceptors (Lipinski definition) is 2. The number of anilines is 2. The molecule has 1 aliphatic heterocycles. The van der Waals surface area contributed by atoms with Crippen LogP contribution in [-0.2, 0) is 16.6 Å². The van der Waals surface area contributed by atoms with Crippen molar-refractivity contribution >= 4 is 21.6 Å². The topological polar surface area (TPSA) is 40.6 Å². The highest BCUT2D eigenvalue weighted by atomic mass is 32.2. The van der Waals surface area contributed by atoms with Crippen LogP contribution in [0, 0.1) is 6.92 Å². The lowest BCUT2D eigenvalue weighted by molar-refractivity contribution is 0.582. The van der Waals surface area contributed by atoms with Crippen molar-refractivity contribution in [2.75, 3.05) is 21.7 Å². The van der Waals surface area contributed by atoms with Crippen molar-refractivity contribution in [3.8, 4) is 0 Å². The molecule has 0 saturated heterocycles.